The van der Waals surface area contributed by atoms with Crippen LogP contribution in [0.1, 0.15) is 89.0 Å². The molecule has 2 aromatic rings. The van der Waals surface area contributed by atoms with Gasteiger partial charge in [0.1, 0.15) is 0 Å². The Morgan fingerprint density at radius 2 is 1.63 bits per heavy atom. The molecule has 0 aliphatic carbocycles. The van der Waals surface area contributed by atoms with E-state index in [1.54, 1.807) is 24.4 Å². The highest BCUT2D eigenvalue weighted by molar-refractivity contribution is 5.34. The Balaban J connectivity index is 2.52. The molecule has 0 radical (unpaired) electrons. The number of hydrogen-bond acceptors (Lipinski definition) is 3. The second kappa shape index (κ2) is 12.0. The molecule has 3 atom stereocenters. The molecule has 0 saturated heterocycles. The first-order chi connectivity index (χ1) is 14.5. The fourth-order valence-electron chi connectivity index (χ4n) is 4.54. The third-order valence-corrected chi connectivity index (χ3v) is 6.10. The summed E-state index contributed by atoms with van der Waals surface area (Å²) in [5.74, 6) is -0.851. The first-order valence-electron chi connectivity index (χ1n) is 11.6. The summed E-state index contributed by atoms with van der Waals surface area (Å²) in [5.41, 5.74) is 1.91. The van der Waals surface area contributed by atoms with Crippen LogP contribution in [0, 0.1) is 11.8 Å². The lowest BCUT2D eigenvalue weighted by atomic mass is 9.73. The Hall–Kier alpha value is -1.97. The van der Waals surface area contributed by atoms with E-state index in [1.165, 1.54) is 0 Å². The minimum absolute atomic E-state index is 0.268. The van der Waals surface area contributed by atoms with Gasteiger partial charge in [-0.2, -0.15) is 0 Å². The fraction of sp³-hybridized carbons (Fsp3) is 0.519. The van der Waals surface area contributed by atoms with E-state index >= 15 is 0 Å². The van der Waals surface area contributed by atoms with Crippen molar-refractivity contribution >= 4 is 0 Å². The number of rotatable bonds is 12. The molecule has 1 aromatic carbocycles. The summed E-state index contributed by atoms with van der Waals surface area (Å²) in [4.78, 5) is 4.75. The van der Waals surface area contributed by atoms with Crippen molar-refractivity contribution < 1.29 is 10.2 Å². The molecule has 164 valence electrons. The predicted molar refractivity (Wildman–Crippen MR) is 125 cm³/mol. The Labute approximate surface area is 182 Å². The van der Waals surface area contributed by atoms with Crippen LogP contribution in [0.5, 0.6) is 0 Å². The summed E-state index contributed by atoms with van der Waals surface area (Å²) in [5, 5.41) is 21.9. The molecule has 0 amide bonds. The van der Waals surface area contributed by atoms with Crippen LogP contribution in [-0.4, -0.2) is 15.2 Å². The lowest BCUT2D eigenvalue weighted by Gasteiger charge is -2.33. The summed E-state index contributed by atoms with van der Waals surface area (Å²) in [7, 11) is 0. The number of allylic oxidation sites excluding steroid dienone is 2. The SMILES string of the molecule is CC/C=C\[C@H](CCC)[C@@H](c1cc(C(O)(O)c2ccccc2)ccn1)C(CC)CCC. The summed E-state index contributed by atoms with van der Waals surface area (Å²) in [6, 6.07) is 12.6. The lowest BCUT2D eigenvalue weighted by Crippen LogP contribution is -2.28. The van der Waals surface area contributed by atoms with E-state index in [-0.39, 0.29) is 5.92 Å². The number of aliphatic hydroxyl groups is 2. The molecule has 3 nitrogen and oxygen atoms in total. The summed E-state index contributed by atoms with van der Waals surface area (Å²) in [6.45, 7) is 8.90. The van der Waals surface area contributed by atoms with Gasteiger partial charge in [-0.05, 0) is 36.8 Å². The molecule has 1 unspecified atom stereocenters. The molecular weight excluding hydrogens is 370 g/mol. The normalized spacial score (nSPS) is 15.3. The van der Waals surface area contributed by atoms with Crippen molar-refractivity contribution in [2.24, 2.45) is 11.8 Å². The van der Waals surface area contributed by atoms with E-state index in [9.17, 15) is 10.2 Å². The molecule has 0 fully saturated rings. The van der Waals surface area contributed by atoms with Gasteiger partial charge in [0.25, 0.3) is 0 Å². The Morgan fingerprint density at radius 3 is 2.23 bits per heavy atom. The van der Waals surface area contributed by atoms with Gasteiger partial charge in [-0.3, -0.25) is 4.98 Å². The highest BCUT2D eigenvalue weighted by atomic mass is 16.5. The second-order valence-corrected chi connectivity index (χ2v) is 8.28. The van der Waals surface area contributed by atoms with E-state index in [0.717, 1.165) is 44.2 Å². The van der Waals surface area contributed by atoms with Crippen molar-refractivity contribution in [3.8, 4) is 0 Å². The van der Waals surface area contributed by atoms with Gasteiger partial charge < -0.3 is 10.2 Å². The van der Waals surface area contributed by atoms with Gasteiger partial charge in [0.05, 0.1) is 0 Å². The van der Waals surface area contributed by atoms with Crippen LogP contribution in [0.15, 0.2) is 60.8 Å². The Morgan fingerprint density at radius 1 is 0.933 bits per heavy atom. The van der Waals surface area contributed by atoms with Gasteiger partial charge in [-0.25, -0.2) is 0 Å². The van der Waals surface area contributed by atoms with Crippen molar-refractivity contribution in [3.63, 3.8) is 0 Å². The van der Waals surface area contributed by atoms with Crippen LogP contribution >= 0.6 is 0 Å². The number of nitrogens with zero attached hydrogens (tertiary/aromatic N) is 1. The highest BCUT2D eigenvalue weighted by Gasteiger charge is 2.33. The van der Waals surface area contributed by atoms with Gasteiger partial charge >= 0.3 is 0 Å². The maximum Gasteiger partial charge on any atom is 0.217 e. The number of pyridine rings is 1. The van der Waals surface area contributed by atoms with Crippen LogP contribution < -0.4 is 0 Å². The first-order valence-corrected chi connectivity index (χ1v) is 11.6. The van der Waals surface area contributed by atoms with Crippen molar-refractivity contribution in [2.45, 2.75) is 77.9 Å². The maximum atomic E-state index is 11.0. The zero-order valence-corrected chi connectivity index (χ0v) is 19.1. The van der Waals surface area contributed by atoms with Crippen LogP contribution in [0.3, 0.4) is 0 Å². The van der Waals surface area contributed by atoms with E-state index in [4.69, 9.17) is 4.98 Å². The molecule has 1 aromatic heterocycles. The third-order valence-electron chi connectivity index (χ3n) is 6.10. The molecule has 0 spiro atoms. The molecule has 1 heterocycles. The van der Waals surface area contributed by atoms with E-state index in [0.29, 0.717) is 23.0 Å². The van der Waals surface area contributed by atoms with Crippen molar-refractivity contribution in [1.82, 2.24) is 4.98 Å². The van der Waals surface area contributed by atoms with Gasteiger partial charge in [-0.1, -0.05) is 95.9 Å². The number of hydrogen-bond donors (Lipinski definition) is 2. The topological polar surface area (TPSA) is 53.4 Å². The quantitative estimate of drug-likeness (QED) is 0.308. The van der Waals surface area contributed by atoms with E-state index in [2.05, 4.69) is 39.8 Å². The van der Waals surface area contributed by atoms with Crippen molar-refractivity contribution in [1.29, 1.82) is 0 Å². The third kappa shape index (κ3) is 6.02. The maximum absolute atomic E-state index is 11.0. The second-order valence-electron chi connectivity index (χ2n) is 8.28. The van der Waals surface area contributed by atoms with E-state index in [1.807, 2.05) is 24.3 Å². The summed E-state index contributed by atoms with van der Waals surface area (Å²) >= 11 is 0. The average Bonchev–Trinajstić information content (AvgIpc) is 2.77. The Bertz CT molecular complexity index is 769. The molecule has 0 bridgehead atoms. The van der Waals surface area contributed by atoms with Crippen LogP contribution in [0.2, 0.25) is 0 Å². The molecule has 0 saturated carbocycles. The first kappa shape index (κ1) is 24.3. The molecular formula is C27H39NO2. The predicted octanol–water partition coefficient (Wildman–Crippen LogP) is 6.56. The molecule has 0 aliphatic heterocycles. The molecule has 30 heavy (non-hydrogen) atoms. The molecule has 0 aliphatic rings. The number of benzene rings is 1. The monoisotopic (exact) mass is 409 g/mol. The van der Waals surface area contributed by atoms with Gasteiger partial charge in [-0.15, -0.1) is 0 Å². The smallest absolute Gasteiger partial charge is 0.217 e. The molecule has 2 N–H and O–H groups in total. The number of aromatic nitrogens is 1. The van der Waals surface area contributed by atoms with Gasteiger partial charge in [0.2, 0.25) is 5.79 Å². The molecule has 3 heteroatoms. The largest absolute Gasteiger partial charge is 0.358 e. The zero-order chi connectivity index (χ0) is 22.0. The Kier molecular flexibility index (Phi) is 9.74. The fourth-order valence-corrected chi connectivity index (χ4v) is 4.54. The standard InChI is InChI=1S/C27H39NO2/c1-5-9-15-22(14-7-3)26(21(8-4)13-6-2)25-20-24(18-19-28-25)27(29,30)23-16-11-10-12-17-23/h9-12,15-22,26,29-30H,5-8,13-14H2,1-4H3/b15-9-/t21?,22-,26-/m0/s1. The van der Waals surface area contributed by atoms with Gasteiger partial charge in [0.15, 0.2) is 0 Å². The minimum atomic E-state index is -2.03. The molecule has 2 rings (SSSR count). The van der Waals surface area contributed by atoms with E-state index < -0.39 is 5.79 Å². The summed E-state index contributed by atoms with van der Waals surface area (Å²) < 4.78 is 0. The summed E-state index contributed by atoms with van der Waals surface area (Å²) in [6.07, 6.45) is 13.0. The van der Waals surface area contributed by atoms with Crippen molar-refractivity contribution in [2.75, 3.05) is 0 Å². The highest BCUT2D eigenvalue weighted by Crippen LogP contribution is 2.40. The zero-order valence-electron chi connectivity index (χ0n) is 19.1. The van der Waals surface area contributed by atoms with Crippen LogP contribution in [0.4, 0.5) is 0 Å². The lowest BCUT2D eigenvalue weighted by molar-refractivity contribution is -0.132. The van der Waals surface area contributed by atoms with Crippen LogP contribution in [0.25, 0.3) is 0 Å². The average molecular weight is 410 g/mol. The van der Waals surface area contributed by atoms with Crippen molar-refractivity contribution in [3.05, 3.63) is 77.6 Å². The minimum Gasteiger partial charge on any atom is -0.358 e. The van der Waals surface area contributed by atoms with Crippen LogP contribution in [-0.2, 0) is 5.79 Å². The van der Waals surface area contributed by atoms with Gasteiger partial charge in [0, 0.05) is 28.9 Å².